The van der Waals surface area contributed by atoms with E-state index in [9.17, 15) is 9.59 Å². The van der Waals surface area contributed by atoms with Gasteiger partial charge in [-0.15, -0.1) is 11.3 Å². The highest BCUT2D eigenvalue weighted by atomic mass is 32.1. The van der Waals surface area contributed by atoms with Crippen molar-refractivity contribution in [3.05, 3.63) is 75.7 Å². The fraction of sp³-hybridized carbons (Fsp3) is 0.348. The molecule has 0 aliphatic carbocycles. The number of hydrogen-bond acceptors (Lipinski definition) is 6. The molecular weight excluding hydrogens is 412 g/mol. The van der Waals surface area contributed by atoms with Crippen LogP contribution in [0.4, 0.5) is 0 Å². The second-order valence-electron chi connectivity index (χ2n) is 7.52. The number of aromatic nitrogens is 2. The van der Waals surface area contributed by atoms with Crippen molar-refractivity contribution in [2.45, 2.75) is 13.1 Å². The second kappa shape index (κ2) is 10.00. The number of carbonyl (C=O) groups excluding carboxylic acids is 1. The second-order valence-corrected chi connectivity index (χ2v) is 8.38. The molecule has 0 atom stereocenters. The monoisotopic (exact) mass is 438 g/mol. The molecule has 0 N–H and O–H groups in total. The molecule has 1 saturated heterocycles. The summed E-state index contributed by atoms with van der Waals surface area (Å²) in [6, 6.07) is 13.3. The first kappa shape index (κ1) is 21.4. The lowest BCUT2D eigenvalue weighted by molar-refractivity contribution is 0.0626. The summed E-state index contributed by atoms with van der Waals surface area (Å²) in [5.74, 6) is -0.0363. The minimum absolute atomic E-state index is 0.0363. The molecule has 0 unspecified atom stereocenters. The first-order valence-electron chi connectivity index (χ1n) is 10.3. The largest absolute Gasteiger partial charge is 0.383 e. The van der Waals surface area contributed by atoms with Gasteiger partial charge in [-0.3, -0.25) is 14.5 Å². The van der Waals surface area contributed by atoms with E-state index in [1.165, 1.54) is 10.6 Å². The molecule has 1 aromatic carbocycles. The predicted octanol–water partition coefficient (Wildman–Crippen LogP) is 2.58. The van der Waals surface area contributed by atoms with Crippen molar-refractivity contribution in [3.63, 3.8) is 0 Å². The van der Waals surface area contributed by atoms with Crippen LogP contribution in [-0.2, 0) is 17.8 Å². The number of rotatable bonds is 7. The number of thiazole rings is 1. The van der Waals surface area contributed by atoms with Crippen LogP contribution < -0.4 is 5.56 Å². The van der Waals surface area contributed by atoms with Crippen molar-refractivity contribution in [1.29, 1.82) is 0 Å². The van der Waals surface area contributed by atoms with Crippen molar-refractivity contribution < 1.29 is 9.53 Å². The highest BCUT2D eigenvalue weighted by Crippen LogP contribution is 2.24. The smallest absolute Gasteiger partial charge is 0.255 e. The van der Waals surface area contributed by atoms with Gasteiger partial charge in [-0.2, -0.15) is 0 Å². The Kier molecular flexibility index (Phi) is 6.91. The topological polar surface area (TPSA) is 67.7 Å². The Hall–Kier alpha value is -2.81. The molecule has 0 radical (unpaired) electrons. The first-order chi connectivity index (χ1) is 15.1. The van der Waals surface area contributed by atoms with E-state index in [0.717, 1.165) is 35.9 Å². The lowest BCUT2D eigenvalue weighted by Gasteiger charge is -2.34. The minimum atomic E-state index is -0.128. The molecule has 1 aliphatic rings. The van der Waals surface area contributed by atoms with Crippen LogP contribution in [0.3, 0.4) is 0 Å². The van der Waals surface area contributed by atoms with Crippen molar-refractivity contribution in [3.8, 4) is 10.6 Å². The number of amides is 1. The average molecular weight is 439 g/mol. The normalized spacial score (nSPS) is 14.7. The molecule has 0 saturated carbocycles. The fourth-order valence-corrected chi connectivity index (χ4v) is 4.45. The summed E-state index contributed by atoms with van der Waals surface area (Å²) in [5, 5.41) is 3.15. The Bertz CT molecular complexity index is 1070. The summed E-state index contributed by atoms with van der Waals surface area (Å²) < 4.78 is 6.57. The van der Waals surface area contributed by atoms with E-state index in [-0.39, 0.29) is 11.5 Å². The Morgan fingerprint density at radius 2 is 1.87 bits per heavy atom. The van der Waals surface area contributed by atoms with Crippen molar-refractivity contribution in [2.75, 3.05) is 39.9 Å². The standard InChI is InChI=1S/C23H26N4O3S/c1-30-14-13-27-15-19(7-8-21(27)28)23(29)26-11-9-25(10-12-26)16-20-17-31-22(24-20)18-5-3-2-4-6-18/h2-8,15,17H,9-14,16H2,1H3. The van der Waals surface area contributed by atoms with Gasteiger partial charge in [0.1, 0.15) is 5.01 Å². The minimum Gasteiger partial charge on any atom is -0.383 e. The van der Waals surface area contributed by atoms with E-state index in [4.69, 9.17) is 9.72 Å². The van der Waals surface area contributed by atoms with E-state index < -0.39 is 0 Å². The molecule has 4 rings (SSSR count). The first-order valence-corrected chi connectivity index (χ1v) is 11.2. The molecule has 2 aromatic heterocycles. The number of benzene rings is 1. The van der Waals surface area contributed by atoms with Gasteiger partial charge in [-0.25, -0.2) is 4.98 Å². The van der Waals surface area contributed by atoms with E-state index in [0.29, 0.717) is 31.8 Å². The maximum atomic E-state index is 12.9. The molecule has 7 nitrogen and oxygen atoms in total. The molecular formula is C23H26N4O3S. The van der Waals surface area contributed by atoms with Crippen LogP contribution in [0.15, 0.2) is 58.8 Å². The zero-order valence-electron chi connectivity index (χ0n) is 17.6. The maximum Gasteiger partial charge on any atom is 0.255 e. The van der Waals surface area contributed by atoms with E-state index >= 15 is 0 Å². The summed E-state index contributed by atoms with van der Waals surface area (Å²) in [6.07, 6.45) is 1.64. The van der Waals surface area contributed by atoms with Crippen LogP contribution in [-0.4, -0.2) is 65.2 Å². The quantitative estimate of drug-likeness (QED) is 0.567. The van der Waals surface area contributed by atoms with Crippen molar-refractivity contribution in [1.82, 2.24) is 19.4 Å². The molecule has 0 bridgehead atoms. The average Bonchev–Trinajstić information content (AvgIpc) is 3.28. The van der Waals surface area contributed by atoms with Gasteiger partial charge in [0.2, 0.25) is 0 Å². The Labute approximate surface area is 185 Å². The van der Waals surface area contributed by atoms with Gasteiger partial charge in [-0.1, -0.05) is 30.3 Å². The molecule has 1 fully saturated rings. The Morgan fingerprint density at radius 3 is 2.61 bits per heavy atom. The van der Waals surface area contributed by atoms with Crippen LogP contribution in [0.1, 0.15) is 16.1 Å². The molecule has 1 amide bonds. The van der Waals surface area contributed by atoms with Crippen LogP contribution in [0.25, 0.3) is 10.6 Å². The number of methoxy groups -OCH3 is 1. The lowest BCUT2D eigenvalue weighted by Crippen LogP contribution is -2.48. The number of carbonyl (C=O) groups is 1. The van der Waals surface area contributed by atoms with E-state index in [1.54, 1.807) is 30.7 Å². The molecule has 31 heavy (non-hydrogen) atoms. The maximum absolute atomic E-state index is 12.9. The SMILES string of the molecule is COCCn1cc(C(=O)N2CCN(Cc3csc(-c4ccccc4)n3)CC2)ccc1=O. The van der Waals surface area contributed by atoms with Gasteiger partial charge in [0.15, 0.2) is 0 Å². The van der Waals surface area contributed by atoms with Crippen LogP contribution >= 0.6 is 11.3 Å². The number of nitrogens with zero attached hydrogens (tertiary/aromatic N) is 4. The summed E-state index contributed by atoms with van der Waals surface area (Å²) >= 11 is 1.66. The van der Waals surface area contributed by atoms with Crippen LogP contribution in [0.2, 0.25) is 0 Å². The highest BCUT2D eigenvalue weighted by molar-refractivity contribution is 7.13. The summed E-state index contributed by atoms with van der Waals surface area (Å²) in [5.41, 5.74) is 2.61. The third-order valence-corrected chi connectivity index (χ3v) is 6.32. The number of ether oxygens (including phenoxy) is 1. The molecule has 3 heterocycles. The summed E-state index contributed by atoms with van der Waals surface area (Å²) in [4.78, 5) is 33.8. The van der Waals surface area contributed by atoms with Gasteiger partial charge < -0.3 is 14.2 Å². The van der Waals surface area contributed by atoms with Gasteiger partial charge in [0, 0.05) is 69.6 Å². The third kappa shape index (κ3) is 5.28. The number of hydrogen-bond donors (Lipinski definition) is 0. The van der Waals surface area contributed by atoms with Crippen LogP contribution in [0.5, 0.6) is 0 Å². The molecule has 1 aliphatic heterocycles. The molecule has 0 spiro atoms. The van der Waals surface area contributed by atoms with Crippen molar-refractivity contribution >= 4 is 17.2 Å². The van der Waals surface area contributed by atoms with Gasteiger partial charge in [0.05, 0.1) is 17.9 Å². The number of piperazine rings is 1. The zero-order chi connectivity index (χ0) is 21.6. The highest BCUT2D eigenvalue weighted by Gasteiger charge is 2.23. The van der Waals surface area contributed by atoms with E-state index in [2.05, 4.69) is 22.4 Å². The van der Waals surface area contributed by atoms with E-state index in [1.807, 2.05) is 23.1 Å². The van der Waals surface area contributed by atoms with Gasteiger partial charge in [-0.05, 0) is 6.07 Å². The number of pyridine rings is 1. The Balaban J connectivity index is 1.33. The Morgan fingerprint density at radius 1 is 1.10 bits per heavy atom. The molecule has 162 valence electrons. The third-order valence-electron chi connectivity index (χ3n) is 5.38. The van der Waals surface area contributed by atoms with Crippen molar-refractivity contribution in [2.24, 2.45) is 0 Å². The summed E-state index contributed by atoms with van der Waals surface area (Å²) in [7, 11) is 1.59. The zero-order valence-corrected chi connectivity index (χ0v) is 18.4. The van der Waals surface area contributed by atoms with Gasteiger partial charge in [0.25, 0.3) is 11.5 Å². The summed E-state index contributed by atoms with van der Waals surface area (Å²) in [6.45, 7) is 4.56. The molecule has 8 heteroatoms. The van der Waals surface area contributed by atoms with Gasteiger partial charge >= 0.3 is 0 Å². The molecule has 3 aromatic rings. The van der Waals surface area contributed by atoms with Crippen LogP contribution in [0, 0.1) is 0 Å². The lowest BCUT2D eigenvalue weighted by atomic mass is 10.2. The predicted molar refractivity (Wildman–Crippen MR) is 121 cm³/mol. The fourth-order valence-electron chi connectivity index (χ4n) is 3.64.